The summed E-state index contributed by atoms with van der Waals surface area (Å²) in [6.45, 7) is 3.17. The molecule has 3 rings (SSSR count). The molecular formula is C14H12ClN3OSe. The predicted molar refractivity (Wildman–Crippen MR) is 79.4 cm³/mol. The van der Waals surface area contributed by atoms with E-state index in [1.807, 2.05) is 24.3 Å². The van der Waals surface area contributed by atoms with E-state index in [1.54, 1.807) is 0 Å². The number of hydrogen-bond donors (Lipinski definition) is 0. The van der Waals surface area contributed by atoms with Crippen LogP contribution in [0.3, 0.4) is 0 Å². The van der Waals surface area contributed by atoms with E-state index >= 15 is 0 Å². The van der Waals surface area contributed by atoms with Gasteiger partial charge in [0.15, 0.2) is 0 Å². The molecule has 1 aromatic carbocycles. The van der Waals surface area contributed by atoms with Gasteiger partial charge in [-0.3, -0.25) is 0 Å². The van der Waals surface area contributed by atoms with Crippen molar-refractivity contribution in [2.24, 2.45) is 0 Å². The van der Waals surface area contributed by atoms with Gasteiger partial charge in [-0.25, -0.2) is 0 Å². The third-order valence-electron chi connectivity index (χ3n) is 3.12. The van der Waals surface area contributed by atoms with E-state index in [0.717, 1.165) is 46.7 Å². The number of nitriles is 1. The zero-order valence-electron chi connectivity index (χ0n) is 10.7. The molecular weight excluding hydrogens is 341 g/mol. The molecule has 0 saturated carbocycles. The van der Waals surface area contributed by atoms with Crippen LogP contribution < -0.4 is 4.90 Å². The molecule has 0 radical (unpaired) electrons. The van der Waals surface area contributed by atoms with Gasteiger partial charge in [-0.05, 0) is 0 Å². The van der Waals surface area contributed by atoms with Crippen molar-refractivity contribution in [3.05, 3.63) is 33.7 Å². The Hall–Kier alpha value is -1.31. The van der Waals surface area contributed by atoms with Crippen LogP contribution in [-0.2, 0) is 4.74 Å². The van der Waals surface area contributed by atoms with Crippen molar-refractivity contribution in [2.75, 3.05) is 31.2 Å². The second-order valence-corrected chi connectivity index (χ2v) is 6.88. The van der Waals surface area contributed by atoms with E-state index in [-0.39, 0.29) is 14.5 Å². The first-order valence-electron chi connectivity index (χ1n) is 6.27. The second-order valence-electron chi connectivity index (χ2n) is 4.39. The van der Waals surface area contributed by atoms with Crippen molar-refractivity contribution < 1.29 is 4.74 Å². The minimum atomic E-state index is -0.0128. The number of aromatic nitrogens is 1. The van der Waals surface area contributed by atoms with Gasteiger partial charge in [0.1, 0.15) is 0 Å². The summed E-state index contributed by atoms with van der Waals surface area (Å²) in [6.07, 6.45) is 0. The molecule has 0 amide bonds. The summed E-state index contributed by atoms with van der Waals surface area (Å²) in [6, 6.07) is 9.78. The average molecular weight is 353 g/mol. The quantitative estimate of drug-likeness (QED) is 0.777. The van der Waals surface area contributed by atoms with Gasteiger partial charge in [0.2, 0.25) is 0 Å². The zero-order valence-corrected chi connectivity index (χ0v) is 13.1. The van der Waals surface area contributed by atoms with Crippen LogP contribution in [0.4, 0.5) is 4.69 Å². The molecule has 0 spiro atoms. The van der Waals surface area contributed by atoms with Crippen molar-refractivity contribution in [1.82, 2.24) is 4.98 Å². The Kier molecular flexibility index (Phi) is 4.09. The Morgan fingerprint density at radius 2 is 1.95 bits per heavy atom. The van der Waals surface area contributed by atoms with Crippen molar-refractivity contribution in [1.29, 1.82) is 5.26 Å². The molecule has 0 aliphatic carbocycles. The van der Waals surface area contributed by atoms with Crippen molar-refractivity contribution >= 4 is 30.8 Å². The average Bonchev–Trinajstić information content (AvgIpc) is 2.93. The molecule has 1 aliphatic heterocycles. The molecule has 2 aromatic rings. The van der Waals surface area contributed by atoms with Gasteiger partial charge in [-0.1, -0.05) is 0 Å². The molecule has 6 heteroatoms. The molecule has 1 aromatic heterocycles. The topological polar surface area (TPSA) is 49.2 Å². The van der Waals surface area contributed by atoms with Crippen LogP contribution in [0, 0.1) is 11.3 Å². The van der Waals surface area contributed by atoms with Crippen LogP contribution in [0.15, 0.2) is 24.3 Å². The molecule has 102 valence electrons. The molecule has 1 fully saturated rings. The Bertz CT molecular complexity index is 641. The fraction of sp³-hybridized carbons (Fsp3) is 0.286. The summed E-state index contributed by atoms with van der Waals surface area (Å²) in [5, 5.41) is 10.0. The number of anilines is 1. The van der Waals surface area contributed by atoms with Gasteiger partial charge in [-0.15, -0.1) is 0 Å². The zero-order chi connectivity index (χ0) is 13.9. The van der Waals surface area contributed by atoms with E-state index in [1.165, 1.54) is 0 Å². The van der Waals surface area contributed by atoms with Gasteiger partial charge in [-0.2, -0.15) is 0 Å². The van der Waals surface area contributed by atoms with E-state index in [9.17, 15) is 5.26 Å². The minimum absolute atomic E-state index is 0.0128. The molecule has 0 unspecified atom stereocenters. The molecule has 20 heavy (non-hydrogen) atoms. The van der Waals surface area contributed by atoms with Crippen molar-refractivity contribution in [2.45, 2.75) is 0 Å². The molecule has 0 N–H and O–H groups in total. The number of halogens is 1. The fourth-order valence-electron chi connectivity index (χ4n) is 2.08. The first-order valence-corrected chi connectivity index (χ1v) is 8.36. The van der Waals surface area contributed by atoms with E-state index in [2.05, 4.69) is 11.0 Å². The normalized spacial score (nSPS) is 15.1. The Labute approximate surface area is 128 Å². The third kappa shape index (κ3) is 2.74. The summed E-state index contributed by atoms with van der Waals surface area (Å²) in [5.41, 5.74) is 1.75. The summed E-state index contributed by atoms with van der Waals surface area (Å²) < 4.78 is 7.16. The second kappa shape index (κ2) is 5.99. The number of nitrogens with zero attached hydrogens (tertiary/aromatic N) is 3. The summed E-state index contributed by atoms with van der Waals surface area (Å²) in [4.78, 5) is 6.92. The van der Waals surface area contributed by atoms with E-state index in [0.29, 0.717) is 5.02 Å². The van der Waals surface area contributed by atoms with Crippen molar-refractivity contribution in [3.8, 4) is 17.3 Å². The molecule has 0 bridgehead atoms. The van der Waals surface area contributed by atoms with E-state index in [4.69, 9.17) is 21.3 Å². The van der Waals surface area contributed by atoms with Crippen LogP contribution in [0.1, 0.15) is 4.44 Å². The number of morpholine rings is 1. The number of ether oxygens (including phenoxy) is 1. The van der Waals surface area contributed by atoms with Crippen LogP contribution in [0.5, 0.6) is 0 Å². The van der Waals surface area contributed by atoms with Gasteiger partial charge in [0, 0.05) is 0 Å². The number of hydrogen-bond acceptors (Lipinski definition) is 4. The van der Waals surface area contributed by atoms with Gasteiger partial charge in [0.05, 0.1) is 0 Å². The SMILES string of the molecule is N#Cc1[se]c(N2CCOCC2)nc1-c1ccc(Cl)cc1. The standard InChI is InChI=1S/C14H12ClN3OSe/c15-11-3-1-10(2-4-11)13-12(9-16)20-14(17-13)18-5-7-19-8-6-18/h1-4H,5-8H2. The maximum atomic E-state index is 9.33. The molecule has 4 nitrogen and oxygen atoms in total. The number of rotatable bonds is 2. The Morgan fingerprint density at radius 1 is 1.25 bits per heavy atom. The summed E-state index contributed by atoms with van der Waals surface area (Å²) in [7, 11) is 0. The van der Waals surface area contributed by atoms with Gasteiger partial charge >= 0.3 is 128 Å². The maximum absolute atomic E-state index is 9.33. The summed E-state index contributed by atoms with van der Waals surface area (Å²) >= 11 is 5.89. The molecule has 2 heterocycles. The van der Waals surface area contributed by atoms with Gasteiger partial charge in [0.25, 0.3) is 0 Å². The van der Waals surface area contributed by atoms with Crippen LogP contribution in [0.2, 0.25) is 5.02 Å². The monoisotopic (exact) mass is 353 g/mol. The third-order valence-corrected chi connectivity index (χ3v) is 5.51. The van der Waals surface area contributed by atoms with Gasteiger partial charge < -0.3 is 0 Å². The Morgan fingerprint density at radius 3 is 2.60 bits per heavy atom. The van der Waals surface area contributed by atoms with Crippen LogP contribution >= 0.6 is 11.6 Å². The molecule has 0 atom stereocenters. The first-order chi connectivity index (χ1) is 9.78. The number of benzene rings is 1. The Balaban J connectivity index is 1.96. The van der Waals surface area contributed by atoms with Crippen LogP contribution in [0.25, 0.3) is 11.3 Å². The predicted octanol–water partition coefficient (Wildman–Crippen LogP) is 2.17. The first kappa shape index (κ1) is 13.7. The molecule has 1 aliphatic rings. The van der Waals surface area contributed by atoms with Crippen molar-refractivity contribution in [3.63, 3.8) is 0 Å². The van der Waals surface area contributed by atoms with E-state index < -0.39 is 0 Å². The fourth-order valence-corrected chi connectivity index (χ4v) is 4.17. The summed E-state index contributed by atoms with van der Waals surface area (Å²) in [5.74, 6) is 0. The molecule has 1 saturated heterocycles. The van der Waals surface area contributed by atoms with Crippen LogP contribution in [-0.4, -0.2) is 45.8 Å².